The zero-order valence-corrected chi connectivity index (χ0v) is 12.9. The van der Waals surface area contributed by atoms with Crippen LogP contribution in [0.3, 0.4) is 0 Å². The highest BCUT2D eigenvalue weighted by molar-refractivity contribution is 6.31. The van der Waals surface area contributed by atoms with E-state index in [1.165, 1.54) is 0 Å². The molecule has 19 heavy (non-hydrogen) atoms. The summed E-state index contributed by atoms with van der Waals surface area (Å²) in [4.78, 5) is 14.2. The van der Waals surface area contributed by atoms with Crippen LogP contribution in [0.1, 0.15) is 31.4 Å². The lowest BCUT2D eigenvalue weighted by Crippen LogP contribution is -2.44. The maximum Gasteiger partial charge on any atom is 0.237 e. The van der Waals surface area contributed by atoms with E-state index in [1.54, 1.807) is 0 Å². The molecule has 1 aromatic rings. The fourth-order valence-corrected chi connectivity index (χ4v) is 2.26. The van der Waals surface area contributed by atoms with Crippen LogP contribution < -0.4 is 5.32 Å². The molecule has 1 amide bonds. The Bertz CT molecular complexity index is 434. The molecule has 0 saturated heterocycles. The van der Waals surface area contributed by atoms with Gasteiger partial charge >= 0.3 is 0 Å². The summed E-state index contributed by atoms with van der Waals surface area (Å²) in [7, 11) is 1.97. The molecule has 4 heteroatoms. The third kappa shape index (κ3) is 4.22. The normalized spacial score (nSPS) is 12.5. The van der Waals surface area contributed by atoms with Crippen LogP contribution in [0.4, 0.5) is 0 Å². The molecule has 0 heterocycles. The Morgan fingerprint density at radius 3 is 2.68 bits per heavy atom. The van der Waals surface area contributed by atoms with Gasteiger partial charge in [-0.2, -0.15) is 0 Å². The van der Waals surface area contributed by atoms with Crippen molar-refractivity contribution >= 4 is 17.5 Å². The maximum absolute atomic E-state index is 12.2. The van der Waals surface area contributed by atoms with Crippen molar-refractivity contribution < 1.29 is 4.79 Å². The number of hydrogen-bond acceptors (Lipinski definition) is 2. The molecule has 0 aliphatic carbocycles. The smallest absolute Gasteiger partial charge is 0.237 e. The number of hydrogen-bond donors (Lipinski definition) is 1. The second-order valence-corrected chi connectivity index (χ2v) is 5.15. The van der Waals surface area contributed by atoms with Gasteiger partial charge in [0, 0.05) is 11.6 Å². The summed E-state index contributed by atoms with van der Waals surface area (Å²) in [5.41, 5.74) is 2.09. The van der Waals surface area contributed by atoms with Crippen LogP contribution in [-0.2, 0) is 11.3 Å². The number of likely N-dealkylation sites (N-methyl/N-ethyl adjacent to an activating group) is 1. The zero-order valence-electron chi connectivity index (χ0n) is 12.2. The topological polar surface area (TPSA) is 32.3 Å². The van der Waals surface area contributed by atoms with E-state index in [1.807, 2.05) is 39.1 Å². The average Bonchev–Trinajstić information content (AvgIpc) is 2.41. The molecule has 1 unspecified atom stereocenters. The van der Waals surface area contributed by atoms with Gasteiger partial charge in [-0.1, -0.05) is 37.6 Å². The van der Waals surface area contributed by atoms with Gasteiger partial charge in [0.05, 0.1) is 6.04 Å². The van der Waals surface area contributed by atoms with Gasteiger partial charge in [0.2, 0.25) is 5.91 Å². The van der Waals surface area contributed by atoms with Gasteiger partial charge in [-0.3, -0.25) is 9.69 Å². The van der Waals surface area contributed by atoms with Crippen molar-refractivity contribution in [2.24, 2.45) is 0 Å². The van der Waals surface area contributed by atoms with Gasteiger partial charge in [0.1, 0.15) is 0 Å². The Morgan fingerprint density at radius 2 is 2.11 bits per heavy atom. The first-order valence-electron chi connectivity index (χ1n) is 6.73. The van der Waals surface area contributed by atoms with Crippen LogP contribution in [-0.4, -0.2) is 30.4 Å². The van der Waals surface area contributed by atoms with Crippen LogP contribution in [0.15, 0.2) is 18.2 Å². The lowest BCUT2D eigenvalue weighted by Gasteiger charge is -2.24. The van der Waals surface area contributed by atoms with E-state index >= 15 is 0 Å². The van der Waals surface area contributed by atoms with Crippen LogP contribution in [0.2, 0.25) is 5.02 Å². The minimum atomic E-state index is -0.0653. The Balaban J connectivity index is 2.65. The number of rotatable bonds is 6. The highest BCUT2D eigenvalue weighted by Gasteiger charge is 2.19. The highest BCUT2D eigenvalue weighted by Crippen LogP contribution is 2.18. The van der Waals surface area contributed by atoms with Gasteiger partial charge in [0.25, 0.3) is 0 Å². The van der Waals surface area contributed by atoms with Gasteiger partial charge in [-0.25, -0.2) is 0 Å². The first-order chi connectivity index (χ1) is 9.01. The number of benzene rings is 1. The summed E-state index contributed by atoms with van der Waals surface area (Å²) in [5.74, 6) is 0.0752. The SMILES string of the molecule is CCC(C(=O)NCc1cccc(Cl)c1C)N(C)CC. The van der Waals surface area contributed by atoms with Crippen molar-refractivity contribution in [3.8, 4) is 0 Å². The van der Waals surface area contributed by atoms with Crippen molar-refractivity contribution in [3.05, 3.63) is 34.3 Å². The zero-order chi connectivity index (χ0) is 14.4. The highest BCUT2D eigenvalue weighted by atomic mass is 35.5. The number of carbonyl (C=O) groups is 1. The molecule has 0 aliphatic heterocycles. The molecule has 0 aliphatic rings. The minimum absolute atomic E-state index is 0.0653. The molecular weight excluding hydrogens is 260 g/mol. The molecule has 0 bridgehead atoms. The average molecular weight is 283 g/mol. The van der Waals surface area contributed by atoms with E-state index in [0.29, 0.717) is 6.54 Å². The number of nitrogens with zero attached hydrogens (tertiary/aromatic N) is 1. The summed E-state index contributed by atoms with van der Waals surface area (Å²) in [6.07, 6.45) is 0.810. The molecule has 1 N–H and O–H groups in total. The van der Waals surface area contributed by atoms with Crippen LogP contribution in [0.5, 0.6) is 0 Å². The van der Waals surface area contributed by atoms with Crippen molar-refractivity contribution in [1.29, 1.82) is 0 Å². The third-order valence-electron chi connectivity index (χ3n) is 3.55. The van der Waals surface area contributed by atoms with Crippen LogP contribution >= 0.6 is 11.6 Å². The predicted molar refractivity (Wildman–Crippen MR) is 80.4 cm³/mol. The van der Waals surface area contributed by atoms with Crippen molar-refractivity contribution in [3.63, 3.8) is 0 Å². The molecule has 1 atom stereocenters. The second-order valence-electron chi connectivity index (χ2n) is 4.74. The summed E-state index contributed by atoms with van der Waals surface area (Å²) in [6, 6.07) is 5.70. The Kier molecular flexibility index (Phi) is 6.32. The van der Waals surface area contributed by atoms with E-state index in [4.69, 9.17) is 11.6 Å². The Labute approximate surface area is 120 Å². The monoisotopic (exact) mass is 282 g/mol. The van der Waals surface area contributed by atoms with Crippen molar-refractivity contribution in [2.45, 2.75) is 39.8 Å². The van der Waals surface area contributed by atoms with E-state index in [2.05, 4.69) is 17.1 Å². The number of halogens is 1. The van der Waals surface area contributed by atoms with Crippen molar-refractivity contribution in [2.75, 3.05) is 13.6 Å². The van der Waals surface area contributed by atoms with Gasteiger partial charge in [0.15, 0.2) is 0 Å². The van der Waals surface area contributed by atoms with E-state index < -0.39 is 0 Å². The lowest BCUT2D eigenvalue weighted by atomic mass is 10.1. The van der Waals surface area contributed by atoms with E-state index in [9.17, 15) is 4.79 Å². The largest absolute Gasteiger partial charge is 0.351 e. The fraction of sp³-hybridized carbons (Fsp3) is 0.533. The van der Waals surface area contributed by atoms with Crippen molar-refractivity contribution in [1.82, 2.24) is 10.2 Å². The minimum Gasteiger partial charge on any atom is -0.351 e. The Morgan fingerprint density at radius 1 is 1.42 bits per heavy atom. The molecule has 3 nitrogen and oxygen atoms in total. The summed E-state index contributed by atoms with van der Waals surface area (Å²) in [6.45, 7) is 7.44. The quantitative estimate of drug-likeness (QED) is 0.870. The van der Waals surface area contributed by atoms with Gasteiger partial charge in [-0.15, -0.1) is 0 Å². The Hall–Kier alpha value is -1.06. The first kappa shape index (κ1) is 16.0. The molecule has 0 fully saturated rings. The summed E-state index contributed by atoms with van der Waals surface area (Å²) in [5, 5.41) is 3.73. The molecular formula is C15H23ClN2O. The molecule has 0 aromatic heterocycles. The fourth-order valence-electron chi connectivity index (χ4n) is 2.06. The van der Waals surface area contributed by atoms with Crippen LogP contribution in [0.25, 0.3) is 0 Å². The molecule has 1 aromatic carbocycles. The van der Waals surface area contributed by atoms with Gasteiger partial charge in [-0.05, 0) is 44.1 Å². The van der Waals surface area contributed by atoms with E-state index in [-0.39, 0.29) is 11.9 Å². The molecule has 0 spiro atoms. The number of carbonyl (C=O) groups excluding carboxylic acids is 1. The number of amides is 1. The molecule has 0 radical (unpaired) electrons. The van der Waals surface area contributed by atoms with E-state index in [0.717, 1.165) is 29.1 Å². The third-order valence-corrected chi connectivity index (χ3v) is 3.96. The molecule has 1 rings (SSSR count). The van der Waals surface area contributed by atoms with Crippen LogP contribution in [0, 0.1) is 6.92 Å². The first-order valence-corrected chi connectivity index (χ1v) is 7.10. The maximum atomic E-state index is 12.2. The lowest BCUT2D eigenvalue weighted by molar-refractivity contribution is -0.126. The molecule has 0 saturated carbocycles. The number of nitrogens with one attached hydrogen (secondary N) is 1. The summed E-state index contributed by atoms with van der Waals surface area (Å²) >= 11 is 6.07. The second kappa shape index (κ2) is 7.51. The summed E-state index contributed by atoms with van der Waals surface area (Å²) < 4.78 is 0. The van der Waals surface area contributed by atoms with Gasteiger partial charge < -0.3 is 5.32 Å². The predicted octanol–water partition coefficient (Wildman–Crippen LogP) is 2.99. The standard InChI is InChI=1S/C15H23ClN2O/c1-5-14(18(4)6-2)15(19)17-10-12-8-7-9-13(16)11(12)3/h7-9,14H,5-6,10H2,1-4H3,(H,17,19). The molecule has 106 valence electrons.